The molecule has 0 aromatic rings. The first kappa shape index (κ1) is 17.1. The summed E-state index contributed by atoms with van der Waals surface area (Å²) in [5.74, 6) is 1.66. The number of urea groups is 1. The topological polar surface area (TPSA) is 35.6 Å². The number of nitrogens with zero attached hydrogens (tertiary/aromatic N) is 2. The third kappa shape index (κ3) is 5.10. The van der Waals surface area contributed by atoms with Crippen molar-refractivity contribution in [3.05, 3.63) is 0 Å². The van der Waals surface area contributed by atoms with Crippen molar-refractivity contribution in [1.29, 1.82) is 0 Å². The van der Waals surface area contributed by atoms with Gasteiger partial charge in [-0.15, -0.1) is 0 Å². The average Bonchev–Trinajstić information content (AvgIpc) is 2.56. The zero-order valence-electron chi connectivity index (χ0n) is 14.9. The molecule has 0 bridgehead atoms. The lowest BCUT2D eigenvalue weighted by atomic mass is 9.93. The summed E-state index contributed by atoms with van der Waals surface area (Å²) in [7, 11) is 0. The number of rotatable bonds is 3. The smallest absolute Gasteiger partial charge is 0.317 e. The van der Waals surface area contributed by atoms with E-state index >= 15 is 0 Å². The summed E-state index contributed by atoms with van der Waals surface area (Å²) < 4.78 is 0. The molecule has 1 N–H and O–H groups in total. The summed E-state index contributed by atoms with van der Waals surface area (Å²) in [5.41, 5.74) is 0. The van der Waals surface area contributed by atoms with Gasteiger partial charge in [-0.2, -0.15) is 0 Å². The molecule has 0 spiro atoms. The average molecular weight is 322 g/mol. The lowest BCUT2D eigenvalue weighted by Crippen LogP contribution is -2.49. The highest BCUT2D eigenvalue weighted by Crippen LogP contribution is 2.23. The second kappa shape index (κ2) is 8.36. The van der Waals surface area contributed by atoms with Gasteiger partial charge < -0.3 is 15.1 Å². The van der Waals surface area contributed by atoms with E-state index in [4.69, 9.17) is 0 Å². The van der Waals surface area contributed by atoms with Crippen LogP contribution in [0.2, 0.25) is 0 Å². The number of likely N-dealkylation sites (tertiary alicyclic amines) is 2. The van der Waals surface area contributed by atoms with Crippen molar-refractivity contribution in [3.8, 4) is 0 Å². The van der Waals surface area contributed by atoms with Gasteiger partial charge in [-0.25, -0.2) is 4.79 Å². The Bertz CT molecular complexity index is 373. The predicted octanol–water partition coefficient (Wildman–Crippen LogP) is 3.47. The molecule has 2 aliphatic heterocycles. The minimum atomic E-state index is 0.196. The van der Waals surface area contributed by atoms with E-state index in [2.05, 4.69) is 22.0 Å². The molecule has 4 heteroatoms. The normalized spacial score (nSPS) is 28.7. The summed E-state index contributed by atoms with van der Waals surface area (Å²) in [5, 5.41) is 3.27. The van der Waals surface area contributed by atoms with E-state index in [1.54, 1.807) is 0 Å². The number of carbonyl (C=O) groups is 1. The molecule has 0 aromatic heterocycles. The molecular formula is C19H35N3O. The first-order valence-corrected chi connectivity index (χ1v) is 9.98. The van der Waals surface area contributed by atoms with Crippen LogP contribution in [0.1, 0.15) is 64.7 Å². The molecule has 2 heterocycles. The molecule has 2 amide bonds. The molecule has 3 rings (SSSR count). The molecule has 1 saturated carbocycles. The van der Waals surface area contributed by atoms with Crippen LogP contribution in [0.3, 0.4) is 0 Å². The van der Waals surface area contributed by atoms with Gasteiger partial charge in [0.05, 0.1) is 0 Å². The summed E-state index contributed by atoms with van der Waals surface area (Å²) in [4.78, 5) is 17.1. The maximum absolute atomic E-state index is 12.4. The van der Waals surface area contributed by atoms with Crippen molar-refractivity contribution in [1.82, 2.24) is 15.1 Å². The number of hydrogen-bond donors (Lipinski definition) is 1. The maximum Gasteiger partial charge on any atom is 0.317 e. The van der Waals surface area contributed by atoms with E-state index < -0.39 is 0 Å². The first-order chi connectivity index (χ1) is 11.2. The Hall–Kier alpha value is -0.770. The molecular weight excluding hydrogens is 286 g/mol. The van der Waals surface area contributed by atoms with Gasteiger partial charge in [0.1, 0.15) is 0 Å². The molecule has 3 fully saturated rings. The minimum Gasteiger partial charge on any atom is -0.335 e. The van der Waals surface area contributed by atoms with Gasteiger partial charge >= 0.3 is 6.03 Å². The molecule has 4 nitrogen and oxygen atoms in total. The van der Waals surface area contributed by atoms with E-state index in [1.807, 2.05) is 0 Å². The fraction of sp³-hybridized carbons (Fsp3) is 0.947. The van der Waals surface area contributed by atoms with Crippen molar-refractivity contribution in [3.63, 3.8) is 0 Å². The van der Waals surface area contributed by atoms with E-state index in [9.17, 15) is 4.79 Å². The molecule has 23 heavy (non-hydrogen) atoms. The monoisotopic (exact) mass is 321 g/mol. The van der Waals surface area contributed by atoms with E-state index in [-0.39, 0.29) is 6.03 Å². The van der Waals surface area contributed by atoms with Crippen LogP contribution in [0.25, 0.3) is 0 Å². The lowest BCUT2D eigenvalue weighted by Gasteiger charge is -2.38. The van der Waals surface area contributed by atoms with Crippen LogP contribution in [-0.2, 0) is 0 Å². The quantitative estimate of drug-likeness (QED) is 0.864. The molecule has 132 valence electrons. The molecule has 0 aromatic carbocycles. The third-order valence-electron chi connectivity index (χ3n) is 6.09. The largest absolute Gasteiger partial charge is 0.335 e. The van der Waals surface area contributed by atoms with Crippen molar-refractivity contribution < 1.29 is 4.79 Å². The highest BCUT2D eigenvalue weighted by atomic mass is 16.2. The van der Waals surface area contributed by atoms with Crippen molar-refractivity contribution in [2.24, 2.45) is 11.8 Å². The first-order valence-electron chi connectivity index (χ1n) is 9.98. The second-order valence-corrected chi connectivity index (χ2v) is 8.22. The molecule has 0 radical (unpaired) electrons. The van der Waals surface area contributed by atoms with Crippen molar-refractivity contribution in [2.75, 3.05) is 32.7 Å². The SMILES string of the molecule is CC1CCCN(CC2CCN(C(=O)NC3CCCCC3)CC2)C1. The molecule has 1 aliphatic carbocycles. The second-order valence-electron chi connectivity index (χ2n) is 8.22. The van der Waals surface area contributed by atoms with Crippen LogP contribution in [0, 0.1) is 11.8 Å². The fourth-order valence-corrected chi connectivity index (χ4v) is 4.65. The number of amides is 2. The summed E-state index contributed by atoms with van der Waals surface area (Å²) in [6.45, 7) is 8.10. The van der Waals surface area contributed by atoms with Gasteiger partial charge in [0.2, 0.25) is 0 Å². The predicted molar refractivity (Wildman–Crippen MR) is 94.5 cm³/mol. The van der Waals surface area contributed by atoms with Gasteiger partial charge in [-0.1, -0.05) is 26.2 Å². The van der Waals surface area contributed by atoms with Crippen LogP contribution in [0.15, 0.2) is 0 Å². The van der Waals surface area contributed by atoms with Crippen LogP contribution >= 0.6 is 0 Å². The Morgan fingerprint density at radius 2 is 1.70 bits per heavy atom. The highest BCUT2D eigenvalue weighted by Gasteiger charge is 2.27. The summed E-state index contributed by atoms with van der Waals surface area (Å²) in [6.07, 6.45) is 11.4. The molecule has 1 atom stereocenters. The number of carbonyl (C=O) groups excluding carboxylic acids is 1. The number of hydrogen-bond acceptors (Lipinski definition) is 2. The Kier molecular flexibility index (Phi) is 6.21. The van der Waals surface area contributed by atoms with Crippen LogP contribution in [-0.4, -0.2) is 54.6 Å². The molecule has 1 unspecified atom stereocenters. The van der Waals surface area contributed by atoms with Crippen LogP contribution in [0.4, 0.5) is 4.79 Å². The summed E-state index contributed by atoms with van der Waals surface area (Å²) >= 11 is 0. The van der Waals surface area contributed by atoms with E-state index in [0.717, 1.165) is 24.9 Å². The Balaban J connectivity index is 1.36. The van der Waals surface area contributed by atoms with E-state index in [1.165, 1.54) is 77.4 Å². The Morgan fingerprint density at radius 3 is 2.39 bits per heavy atom. The molecule has 2 saturated heterocycles. The van der Waals surface area contributed by atoms with E-state index in [0.29, 0.717) is 6.04 Å². The van der Waals surface area contributed by atoms with Crippen molar-refractivity contribution in [2.45, 2.75) is 70.8 Å². The Morgan fingerprint density at radius 1 is 0.957 bits per heavy atom. The van der Waals surface area contributed by atoms with Gasteiger partial charge in [0.15, 0.2) is 0 Å². The van der Waals surface area contributed by atoms with Crippen LogP contribution < -0.4 is 5.32 Å². The summed E-state index contributed by atoms with van der Waals surface area (Å²) in [6, 6.07) is 0.630. The highest BCUT2D eigenvalue weighted by molar-refractivity contribution is 5.74. The zero-order valence-corrected chi connectivity index (χ0v) is 14.9. The molecule has 3 aliphatic rings. The standard InChI is InChI=1S/C19H35N3O/c1-16-6-5-11-21(14-16)15-17-9-12-22(13-10-17)19(23)20-18-7-3-2-4-8-18/h16-18H,2-15H2,1H3,(H,20,23). The van der Waals surface area contributed by atoms with Crippen molar-refractivity contribution >= 4 is 6.03 Å². The number of piperidine rings is 2. The van der Waals surface area contributed by atoms with Gasteiger partial charge in [0, 0.05) is 32.2 Å². The lowest BCUT2D eigenvalue weighted by molar-refractivity contribution is 0.120. The maximum atomic E-state index is 12.4. The van der Waals surface area contributed by atoms with Crippen LogP contribution in [0.5, 0.6) is 0 Å². The number of nitrogens with one attached hydrogen (secondary N) is 1. The Labute approximate surface area is 142 Å². The zero-order chi connectivity index (χ0) is 16.1. The van der Waals surface area contributed by atoms with Gasteiger partial charge in [-0.05, 0) is 56.9 Å². The van der Waals surface area contributed by atoms with Gasteiger partial charge in [-0.3, -0.25) is 0 Å². The third-order valence-corrected chi connectivity index (χ3v) is 6.09. The van der Waals surface area contributed by atoms with Gasteiger partial charge in [0.25, 0.3) is 0 Å². The fourth-order valence-electron chi connectivity index (χ4n) is 4.65. The minimum absolute atomic E-state index is 0.196.